The SMILES string of the molecule is CCC(C(=O)NCC(C)C)N(Cc1ccccc1Cl)C(=O)CC(c1ccccc1)c1ccccc1. The van der Waals surface area contributed by atoms with E-state index in [-0.39, 0.29) is 30.7 Å². The summed E-state index contributed by atoms with van der Waals surface area (Å²) in [4.78, 5) is 28.9. The molecule has 2 amide bonds. The van der Waals surface area contributed by atoms with Crippen LogP contribution in [0.4, 0.5) is 0 Å². The molecule has 0 aliphatic rings. The van der Waals surface area contributed by atoms with Gasteiger partial charge in [-0.3, -0.25) is 9.59 Å². The molecule has 0 aromatic heterocycles. The summed E-state index contributed by atoms with van der Waals surface area (Å²) in [6.07, 6.45) is 0.772. The van der Waals surface area contributed by atoms with Crippen molar-refractivity contribution >= 4 is 23.4 Å². The molecule has 0 radical (unpaired) electrons. The summed E-state index contributed by atoms with van der Waals surface area (Å²) in [6.45, 7) is 6.90. The molecule has 3 aromatic carbocycles. The van der Waals surface area contributed by atoms with Crippen molar-refractivity contribution < 1.29 is 9.59 Å². The Balaban J connectivity index is 1.94. The van der Waals surface area contributed by atoms with Crippen LogP contribution in [0.2, 0.25) is 5.02 Å². The van der Waals surface area contributed by atoms with Gasteiger partial charge in [0.25, 0.3) is 0 Å². The maximum Gasteiger partial charge on any atom is 0.242 e. The third-order valence-electron chi connectivity index (χ3n) is 6.15. The lowest BCUT2D eigenvalue weighted by atomic mass is 9.88. The second-order valence-corrected chi connectivity index (χ2v) is 9.66. The molecule has 0 heterocycles. The van der Waals surface area contributed by atoms with Crippen LogP contribution >= 0.6 is 11.6 Å². The first-order valence-electron chi connectivity index (χ1n) is 12.3. The Morgan fingerprint density at radius 1 is 0.857 bits per heavy atom. The Hall–Kier alpha value is -3.11. The second kappa shape index (κ2) is 13.1. The van der Waals surface area contributed by atoms with Crippen molar-refractivity contribution in [2.75, 3.05) is 6.54 Å². The van der Waals surface area contributed by atoms with E-state index in [1.165, 1.54) is 0 Å². The van der Waals surface area contributed by atoms with Gasteiger partial charge in [-0.2, -0.15) is 0 Å². The van der Waals surface area contributed by atoms with E-state index in [1.54, 1.807) is 4.90 Å². The van der Waals surface area contributed by atoms with Gasteiger partial charge in [0.05, 0.1) is 0 Å². The molecule has 35 heavy (non-hydrogen) atoms. The van der Waals surface area contributed by atoms with Gasteiger partial charge >= 0.3 is 0 Å². The van der Waals surface area contributed by atoms with E-state index in [9.17, 15) is 9.59 Å². The van der Waals surface area contributed by atoms with Crippen LogP contribution in [0.5, 0.6) is 0 Å². The van der Waals surface area contributed by atoms with Crippen molar-refractivity contribution in [2.24, 2.45) is 5.92 Å². The Morgan fingerprint density at radius 2 is 1.40 bits per heavy atom. The predicted molar refractivity (Wildman–Crippen MR) is 143 cm³/mol. The fourth-order valence-electron chi connectivity index (χ4n) is 4.24. The van der Waals surface area contributed by atoms with Crippen LogP contribution in [0.1, 0.15) is 56.2 Å². The molecular formula is C30H35ClN2O2. The molecule has 5 heteroatoms. The van der Waals surface area contributed by atoms with Crippen molar-refractivity contribution in [3.05, 3.63) is 107 Å². The van der Waals surface area contributed by atoms with Gasteiger partial charge in [0.1, 0.15) is 6.04 Å². The van der Waals surface area contributed by atoms with E-state index >= 15 is 0 Å². The van der Waals surface area contributed by atoms with Gasteiger partial charge in [0, 0.05) is 30.5 Å². The summed E-state index contributed by atoms with van der Waals surface area (Å²) in [5.74, 6) is 0.00587. The number of hydrogen-bond acceptors (Lipinski definition) is 2. The van der Waals surface area contributed by atoms with Crippen molar-refractivity contribution in [2.45, 2.75) is 52.1 Å². The molecule has 0 saturated carbocycles. The van der Waals surface area contributed by atoms with Gasteiger partial charge in [-0.25, -0.2) is 0 Å². The number of nitrogens with zero attached hydrogens (tertiary/aromatic N) is 1. The highest BCUT2D eigenvalue weighted by Gasteiger charge is 2.31. The van der Waals surface area contributed by atoms with Gasteiger partial charge in [-0.1, -0.05) is 111 Å². The molecule has 0 aliphatic heterocycles. The van der Waals surface area contributed by atoms with Gasteiger partial charge in [-0.05, 0) is 35.1 Å². The first-order valence-corrected chi connectivity index (χ1v) is 12.7. The minimum Gasteiger partial charge on any atom is -0.354 e. The summed E-state index contributed by atoms with van der Waals surface area (Å²) in [7, 11) is 0. The van der Waals surface area contributed by atoms with Crippen molar-refractivity contribution in [1.29, 1.82) is 0 Å². The Labute approximate surface area is 214 Å². The van der Waals surface area contributed by atoms with Gasteiger partial charge in [0.15, 0.2) is 0 Å². The van der Waals surface area contributed by atoms with E-state index in [0.717, 1.165) is 16.7 Å². The zero-order valence-corrected chi connectivity index (χ0v) is 21.5. The quantitative estimate of drug-likeness (QED) is 0.336. The van der Waals surface area contributed by atoms with Gasteiger partial charge < -0.3 is 10.2 Å². The lowest BCUT2D eigenvalue weighted by Gasteiger charge is -2.32. The van der Waals surface area contributed by atoms with Crippen molar-refractivity contribution in [3.63, 3.8) is 0 Å². The molecule has 0 aliphatic carbocycles. The highest BCUT2D eigenvalue weighted by Crippen LogP contribution is 2.30. The molecule has 1 unspecified atom stereocenters. The van der Waals surface area contributed by atoms with E-state index in [2.05, 4.69) is 43.4 Å². The molecule has 1 N–H and O–H groups in total. The van der Waals surface area contributed by atoms with Crippen LogP contribution < -0.4 is 5.32 Å². The molecule has 4 nitrogen and oxygen atoms in total. The summed E-state index contributed by atoms with van der Waals surface area (Å²) < 4.78 is 0. The Morgan fingerprint density at radius 3 is 1.91 bits per heavy atom. The van der Waals surface area contributed by atoms with Crippen molar-refractivity contribution in [3.8, 4) is 0 Å². The summed E-state index contributed by atoms with van der Waals surface area (Å²) in [5.41, 5.74) is 2.97. The number of amides is 2. The third kappa shape index (κ3) is 7.43. The summed E-state index contributed by atoms with van der Waals surface area (Å²) >= 11 is 6.46. The maximum atomic E-state index is 14.0. The largest absolute Gasteiger partial charge is 0.354 e. The lowest BCUT2D eigenvalue weighted by Crippen LogP contribution is -2.49. The molecule has 3 aromatic rings. The molecular weight excluding hydrogens is 456 g/mol. The molecule has 0 fully saturated rings. The first kappa shape index (κ1) is 26.5. The highest BCUT2D eigenvalue weighted by molar-refractivity contribution is 6.31. The fourth-order valence-corrected chi connectivity index (χ4v) is 4.44. The topological polar surface area (TPSA) is 49.4 Å². The van der Waals surface area contributed by atoms with Crippen LogP contribution in [-0.4, -0.2) is 29.3 Å². The minimum absolute atomic E-state index is 0.0748. The fraction of sp³-hybridized carbons (Fsp3) is 0.333. The van der Waals surface area contributed by atoms with Gasteiger partial charge in [-0.15, -0.1) is 0 Å². The van der Waals surface area contributed by atoms with E-state index in [1.807, 2.05) is 67.6 Å². The van der Waals surface area contributed by atoms with Crippen LogP contribution in [0.15, 0.2) is 84.9 Å². The number of nitrogens with one attached hydrogen (secondary N) is 1. The zero-order chi connectivity index (χ0) is 25.2. The van der Waals surface area contributed by atoms with E-state index in [0.29, 0.717) is 23.9 Å². The molecule has 3 rings (SSSR count). The average Bonchev–Trinajstić information content (AvgIpc) is 2.87. The Kier molecular flexibility index (Phi) is 9.92. The number of halogens is 1. The smallest absolute Gasteiger partial charge is 0.242 e. The maximum absolute atomic E-state index is 14.0. The van der Waals surface area contributed by atoms with E-state index in [4.69, 9.17) is 11.6 Å². The average molecular weight is 491 g/mol. The minimum atomic E-state index is -0.579. The second-order valence-electron chi connectivity index (χ2n) is 9.25. The normalized spacial score (nSPS) is 11.9. The monoisotopic (exact) mass is 490 g/mol. The first-order chi connectivity index (χ1) is 16.9. The number of carbonyl (C=O) groups is 2. The standard InChI is InChI=1S/C30H35ClN2O2/c1-4-28(30(35)32-20-22(2)3)33(21-25-17-11-12-18-27(25)31)29(34)19-26(23-13-7-5-8-14-23)24-15-9-6-10-16-24/h5-18,22,26,28H,4,19-21H2,1-3H3,(H,32,35). The van der Waals surface area contributed by atoms with Crippen LogP contribution in [0.3, 0.4) is 0 Å². The molecule has 0 spiro atoms. The van der Waals surface area contributed by atoms with Crippen LogP contribution in [-0.2, 0) is 16.1 Å². The Bertz CT molecular complexity index is 1050. The molecule has 0 bridgehead atoms. The number of carbonyl (C=O) groups excluding carboxylic acids is 2. The summed E-state index contributed by atoms with van der Waals surface area (Å²) in [5, 5.41) is 3.61. The molecule has 0 saturated heterocycles. The van der Waals surface area contributed by atoms with Gasteiger partial charge in [0.2, 0.25) is 11.8 Å². The van der Waals surface area contributed by atoms with E-state index < -0.39 is 6.04 Å². The highest BCUT2D eigenvalue weighted by atomic mass is 35.5. The summed E-state index contributed by atoms with van der Waals surface area (Å²) in [6, 6.07) is 27.0. The predicted octanol–water partition coefficient (Wildman–Crippen LogP) is 6.44. The number of hydrogen-bond donors (Lipinski definition) is 1. The molecule has 184 valence electrons. The van der Waals surface area contributed by atoms with Crippen LogP contribution in [0, 0.1) is 5.92 Å². The third-order valence-corrected chi connectivity index (χ3v) is 6.52. The zero-order valence-electron chi connectivity index (χ0n) is 20.8. The number of benzene rings is 3. The lowest BCUT2D eigenvalue weighted by molar-refractivity contribution is -0.141. The van der Waals surface area contributed by atoms with Crippen LogP contribution in [0.25, 0.3) is 0 Å². The number of rotatable bonds is 11. The van der Waals surface area contributed by atoms with Crippen molar-refractivity contribution in [1.82, 2.24) is 10.2 Å². The molecule has 1 atom stereocenters.